The third kappa shape index (κ3) is 4.00. The molecule has 0 radical (unpaired) electrons. The molecule has 0 saturated carbocycles. The fraction of sp³-hybridized carbons (Fsp3) is 0.150. The van der Waals surface area contributed by atoms with Crippen molar-refractivity contribution in [2.45, 2.75) is 17.4 Å². The van der Waals surface area contributed by atoms with Crippen molar-refractivity contribution in [1.29, 1.82) is 5.26 Å². The summed E-state index contributed by atoms with van der Waals surface area (Å²) >= 11 is 3.26. The topological polar surface area (TPSA) is 98.5 Å². The number of sulfonamides is 1. The van der Waals surface area contributed by atoms with Gasteiger partial charge in [0.1, 0.15) is 6.04 Å². The van der Waals surface area contributed by atoms with Crippen LogP contribution in [0.3, 0.4) is 0 Å². The molecule has 1 aliphatic heterocycles. The van der Waals surface area contributed by atoms with E-state index in [1.807, 2.05) is 6.07 Å². The number of anilines is 1. The fourth-order valence-electron chi connectivity index (χ4n) is 3.06. The van der Waals surface area contributed by atoms with Gasteiger partial charge in [0.05, 0.1) is 28.6 Å². The Balaban J connectivity index is 1.97. The van der Waals surface area contributed by atoms with Crippen molar-refractivity contribution in [2.75, 3.05) is 11.4 Å². The maximum absolute atomic E-state index is 13.1. The predicted octanol–water partition coefficient (Wildman–Crippen LogP) is 2.83. The third-order valence-electron chi connectivity index (χ3n) is 4.45. The Kier molecular flexibility index (Phi) is 5.98. The molecule has 0 spiro atoms. The monoisotopic (exact) mass is 473 g/mol. The number of amides is 2. The summed E-state index contributed by atoms with van der Waals surface area (Å²) in [6.07, 6.45) is 1.10. The number of hydrogen-bond acceptors (Lipinski definition) is 5. The molecule has 1 fully saturated rings. The molecule has 1 heterocycles. The second kappa shape index (κ2) is 8.29. The summed E-state index contributed by atoms with van der Waals surface area (Å²) in [6.45, 7) is 3.46. The van der Waals surface area contributed by atoms with Gasteiger partial charge in [0.15, 0.2) is 0 Å². The highest BCUT2D eigenvalue weighted by Gasteiger charge is 2.46. The number of benzene rings is 2. The number of nitriles is 1. The minimum atomic E-state index is -4.04. The second-order valence-corrected chi connectivity index (χ2v) is 9.07. The molecule has 0 N–H and O–H groups in total. The average molecular weight is 474 g/mol. The first-order valence-corrected chi connectivity index (χ1v) is 10.8. The Morgan fingerprint density at radius 2 is 1.79 bits per heavy atom. The van der Waals surface area contributed by atoms with E-state index >= 15 is 0 Å². The van der Waals surface area contributed by atoms with E-state index in [2.05, 4.69) is 22.5 Å². The largest absolute Gasteiger partial charge is 0.274 e. The van der Waals surface area contributed by atoms with Gasteiger partial charge in [-0.05, 0) is 48.5 Å². The zero-order chi connectivity index (χ0) is 21.2. The zero-order valence-electron chi connectivity index (χ0n) is 15.2. The first-order chi connectivity index (χ1) is 13.8. The summed E-state index contributed by atoms with van der Waals surface area (Å²) in [4.78, 5) is 26.5. The van der Waals surface area contributed by atoms with E-state index in [4.69, 9.17) is 5.26 Å². The average Bonchev–Trinajstić information content (AvgIpc) is 3.00. The van der Waals surface area contributed by atoms with E-state index in [0.717, 1.165) is 9.21 Å². The number of nitrogens with zero attached hydrogens (tertiary/aromatic N) is 3. The SMILES string of the molecule is C=CCN(C1CC(=O)N(c2ccc(C#N)cc2)C1=O)S(=O)(=O)c1ccc(Br)cc1. The van der Waals surface area contributed by atoms with Crippen LogP contribution in [0.2, 0.25) is 0 Å². The molecule has 3 rings (SSSR count). The van der Waals surface area contributed by atoms with Crippen molar-refractivity contribution in [1.82, 2.24) is 4.31 Å². The Labute approximate surface area is 177 Å². The zero-order valence-corrected chi connectivity index (χ0v) is 17.6. The second-order valence-electron chi connectivity index (χ2n) is 6.26. The number of hydrogen-bond donors (Lipinski definition) is 0. The van der Waals surface area contributed by atoms with Gasteiger partial charge in [0.25, 0.3) is 5.91 Å². The van der Waals surface area contributed by atoms with Crippen LogP contribution in [0.5, 0.6) is 0 Å². The molecular formula is C20H16BrN3O4S. The van der Waals surface area contributed by atoms with Crippen LogP contribution in [0.25, 0.3) is 0 Å². The van der Waals surface area contributed by atoms with E-state index < -0.39 is 27.9 Å². The fourth-order valence-corrected chi connectivity index (χ4v) is 4.88. The number of imide groups is 1. The van der Waals surface area contributed by atoms with Crippen LogP contribution in [-0.4, -0.2) is 37.1 Å². The summed E-state index contributed by atoms with van der Waals surface area (Å²) < 4.78 is 28.0. The number of halogens is 1. The van der Waals surface area contributed by atoms with Crippen LogP contribution < -0.4 is 4.90 Å². The molecule has 2 amide bonds. The van der Waals surface area contributed by atoms with E-state index in [9.17, 15) is 18.0 Å². The van der Waals surface area contributed by atoms with Gasteiger partial charge >= 0.3 is 0 Å². The quantitative estimate of drug-likeness (QED) is 0.474. The van der Waals surface area contributed by atoms with Crippen LogP contribution in [0.1, 0.15) is 12.0 Å². The maximum Gasteiger partial charge on any atom is 0.252 e. The molecule has 2 aromatic carbocycles. The van der Waals surface area contributed by atoms with Crippen LogP contribution in [0.15, 0.2) is 70.6 Å². The summed E-state index contributed by atoms with van der Waals surface area (Å²) in [5.74, 6) is -1.15. The summed E-state index contributed by atoms with van der Waals surface area (Å²) in [7, 11) is -4.04. The minimum Gasteiger partial charge on any atom is -0.274 e. The van der Waals surface area contributed by atoms with Crippen molar-refractivity contribution < 1.29 is 18.0 Å². The maximum atomic E-state index is 13.1. The van der Waals surface area contributed by atoms with E-state index in [1.165, 1.54) is 42.5 Å². The first-order valence-electron chi connectivity index (χ1n) is 8.55. The molecular weight excluding hydrogens is 458 g/mol. The highest BCUT2D eigenvalue weighted by molar-refractivity contribution is 9.10. The van der Waals surface area contributed by atoms with E-state index in [-0.39, 0.29) is 17.9 Å². The molecule has 0 aromatic heterocycles. The number of carbonyl (C=O) groups excluding carboxylic acids is 2. The Morgan fingerprint density at radius 1 is 1.17 bits per heavy atom. The summed E-state index contributed by atoms with van der Waals surface area (Å²) in [5.41, 5.74) is 0.677. The van der Waals surface area contributed by atoms with Crippen LogP contribution >= 0.6 is 15.9 Å². The van der Waals surface area contributed by atoms with Gasteiger partial charge in [-0.1, -0.05) is 22.0 Å². The predicted molar refractivity (Wildman–Crippen MR) is 110 cm³/mol. The molecule has 1 atom stereocenters. The van der Waals surface area contributed by atoms with Crippen LogP contribution in [0.4, 0.5) is 5.69 Å². The van der Waals surface area contributed by atoms with Gasteiger partial charge in [-0.25, -0.2) is 13.3 Å². The van der Waals surface area contributed by atoms with E-state index in [1.54, 1.807) is 12.1 Å². The highest BCUT2D eigenvalue weighted by Crippen LogP contribution is 2.29. The molecule has 9 heteroatoms. The molecule has 0 bridgehead atoms. The Morgan fingerprint density at radius 3 is 2.34 bits per heavy atom. The highest BCUT2D eigenvalue weighted by atomic mass is 79.9. The van der Waals surface area contributed by atoms with Gasteiger partial charge in [0, 0.05) is 11.0 Å². The summed E-state index contributed by atoms with van der Waals surface area (Å²) in [6, 6.07) is 12.8. The lowest BCUT2D eigenvalue weighted by Gasteiger charge is -2.25. The van der Waals surface area contributed by atoms with Crippen molar-refractivity contribution in [3.8, 4) is 6.07 Å². The molecule has 1 aliphatic rings. The number of rotatable bonds is 6. The first kappa shape index (κ1) is 20.9. The Hall–Kier alpha value is -2.80. The molecule has 148 valence electrons. The lowest BCUT2D eigenvalue weighted by molar-refractivity contribution is -0.122. The lowest BCUT2D eigenvalue weighted by atomic mass is 10.2. The van der Waals surface area contributed by atoms with Crippen molar-refractivity contribution >= 4 is 43.5 Å². The molecule has 0 aliphatic carbocycles. The molecule has 29 heavy (non-hydrogen) atoms. The molecule has 2 aromatic rings. The molecule has 1 unspecified atom stereocenters. The Bertz CT molecular complexity index is 1110. The van der Waals surface area contributed by atoms with Crippen molar-refractivity contribution in [2.24, 2.45) is 0 Å². The van der Waals surface area contributed by atoms with Gasteiger partial charge in [-0.15, -0.1) is 6.58 Å². The summed E-state index contributed by atoms with van der Waals surface area (Å²) in [5, 5.41) is 8.90. The normalized spacial score (nSPS) is 16.9. The van der Waals surface area contributed by atoms with Gasteiger partial charge in [-0.2, -0.15) is 9.57 Å². The smallest absolute Gasteiger partial charge is 0.252 e. The van der Waals surface area contributed by atoms with Crippen LogP contribution in [0, 0.1) is 11.3 Å². The van der Waals surface area contributed by atoms with Crippen molar-refractivity contribution in [3.63, 3.8) is 0 Å². The van der Waals surface area contributed by atoms with Gasteiger partial charge < -0.3 is 0 Å². The molecule has 1 saturated heterocycles. The van der Waals surface area contributed by atoms with Crippen molar-refractivity contribution in [3.05, 3.63) is 71.2 Å². The minimum absolute atomic E-state index is 0.0135. The van der Waals surface area contributed by atoms with Gasteiger partial charge in [0.2, 0.25) is 15.9 Å². The van der Waals surface area contributed by atoms with Gasteiger partial charge in [-0.3, -0.25) is 9.59 Å². The molecule has 7 nitrogen and oxygen atoms in total. The standard InChI is InChI=1S/C20H16BrN3O4S/c1-2-11-23(29(27,28)17-9-5-15(21)6-10-17)18-12-19(25)24(20(18)26)16-7-3-14(13-22)4-8-16/h2-10,18H,1,11-12H2. The number of carbonyl (C=O) groups is 2. The van der Waals surface area contributed by atoms with Crippen LogP contribution in [-0.2, 0) is 19.6 Å². The lowest BCUT2D eigenvalue weighted by Crippen LogP contribution is -2.45. The third-order valence-corrected chi connectivity index (χ3v) is 6.87. The van der Waals surface area contributed by atoms with E-state index in [0.29, 0.717) is 15.7 Å².